The summed E-state index contributed by atoms with van der Waals surface area (Å²) in [6.45, 7) is 0. The molecule has 0 spiro atoms. The normalized spacial score (nSPS) is 10.4. The Labute approximate surface area is 77.9 Å². The molecular weight excluding hydrogens is 218 g/mol. The topological polar surface area (TPSA) is 21.5 Å². The first-order valence-corrected chi connectivity index (χ1v) is 4.32. The lowest BCUT2D eigenvalue weighted by Crippen LogP contribution is -1.82. The van der Waals surface area contributed by atoms with Crippen molar-refractivity contribution in [3.05, 3.63) is 40.6 Å². The second kappa shape index (κ2) is 2.75. The Morgan fingerprint density at radius 2 is 2.17 bits per heavy atom. The number of halogens is 1. The molecule has 2 aromatic rings. The minimum atomic E-state index is 0.725. The number of aromatic nitrogens is 1. The summed E-state index contributed by atoms with van der Waals surface area (Å²) in [4.78, 5) is 10.5. The molecule has 0 saturated carbocycles. The van der Waals surface area contributed by atoms with Crippen LogP contribution in [0.5, 0.6) is 0 Å². The van der Waals surface area contributed by atoms with Crippen LogP contribution in [-0.4, -0.2) is 10.7 Å². The van der Waals surface area contributed by atoms with Crippen molar-refractivity contribution in [3.63, 3.8) is 0 Å². The zero-order chi connectivity index (χ0) is 8.55. The zero-order valence-electron chi connectivity index (χ0n) is 6.20. The predicted octanol–water partition coefficient (Wildman–Crippen LogP) is 2.51. The van der Waals surface area contributed by atoms with Crippen LogP contribution >= 0.6 is 15.9 Å². The maximum atomic E-state index is 10.5. The van der Waals surface area contributed by atoms with Crippen molar-refractivity contribution in [2.45, 2.75) is 0 Å². The van der Waals surface area contributed by atoms with E-state index in [4.69, 9.17) is 0 Å². The van der Waals surface area contributed by atoms with Crippen LogP contribution in [0, 0.1) is 0 Å². The molecule has 0 bridgehead atoms. The molecule has 0 aliphatic heterocycles. The van der Waals surface area contributed by atoms with Crippen molar-refractivity contribution in [3.8, 4) is 0 Å². The van der Waals surface area contributed by atoms with Crippen LogP contribution < -0.4 is 0 Å². The molecule has 2 aromatic heterocycles. The molecule has 0 atom stereocenters. The Morgan fingerprint density at radius 3 is 2.92 bits per heavy atom. The molecule has 0 N–H and O–H groups in total. The van der Waals surface area contributed by atoms with E-state index in [9.17, 15) is 4.79 Å². The van der Waals surface area contributed by atoms with Crippen molar-refractivity contribution in [2.24, 2.45) is 0 Å². The molecule has 0 unspecified atom stereocenters. The molecule has 2 rings (SSSR count). The molecular formula is C9H6BrNO. The first-order chi connectivity index (χ1) is 5.81. The summed E-state index contributed by atoms with van der Waals surface area (Å²) in [5.74, 6) is 0. The average Bonchev–Trinajstić information content (AvgIpc) is 2.46. The summed E-state index contributed by atoms with van der Waals surface area (Å²) in [7, 11) is 0. The molecule has 0 aliphatic carbocycles. The minimum Gasteiger partial charge on any atom is -0.322 e. The van der Waals surface area contributed by atoms with Gasteiger partial charge in [0, 0.05) is 22.4 Å². The third-order valence-electron chi connectivity index (χ3n) is 1.78. The van der Waals surface area contributed by atoms with Gasteiger partial charge in [-0.3, -0.25) is 4.79 Å². The lowest BCUT2D eigenvalue weighted by atomic mass is 10.3. The van der Waals surface area contributed by atoms with Gasteiger partial charge >= 0.3 is 0 Å². The largest absolute Gasteiger partial charge is 0.322 e. The molecule has 0 saturated heterocycles. The molecule has 0 aromatic carbocycles. The third-order valence-corrected chi connectivity index (χ3v) is 2.25. The number of rotatable bonds is 1. The quantitative estimate of drug-likeness (QED) is 0.682. The second-order valence-electron chi connectivity index (χ2n) is 2.53. The number of hydrogen-bond donors (Lipinski definition) is 0. The SMILES string of the molecule is O=Cc1ccn2cc(Br)ccc12. The van der Waals surface area contributed by atoms with E-state index in [1.54, 1.807) is 6.07 Å². The van der Waals surface area contributed by atoms with Crippen LogP contribution in [0.15, 0.2) is 35.1 Å². The molecule has 0 fully saturated rings. The van der Waals surface area contributed by atoms with Crippen molar-refractivity contribution in [1.82, 2.24) is 4.40 Å². The molecule has 60 valence electrons. The fraction of sp³-hybridized carbons (Fsp3) is 0. The average molecular weight is 224 g/mol. The number of hydrogen-bond acceptors (Lipinski definition) is 1. The maximum absolute atomic E-state index is 10.5. The second-order valence-corrected chi connectivity index (χ2v) is 3.44. The highest BCUT2D eigenvalue weighted by molar-refractivity contribution is 9.10. The molecule has 2 nitrogen and oxygen atoms in total. The van der Waals surface area contributed by atoms with Gasteiger partial charge in [0.1, 0.15) is 0 Å². The minimum absolute atomic E-state index is 0.725. The van der Waals surface area contributed by atoms with Gasteiger partial charge in [0.25, 0.3) is 0 Å². The van der Waals surface area contributed by atoms with Gasteiger partial charge in [-0.1, -0.05) is 0 Å². The third kappa shape index (κ3) is 1.06. The van der Waals surface area contributed by atoms with Crippen molar-refractivity contribution >= 4 is 27.7 Å². The van der Waals surface area contributed by atoms with Gasteiger partial charge in [-0.25, -0.2) is 0 Å². The molecule has 2 heterocycles. The van der Waals surface area contributed by atoms with E-state index in [0.717, 1.165) is 21.8 Å². The van der Waals surface area contributed by atoms with Crippen molar-refractivity contribution in [1.29, 1.82) is 0 Å². The number of pyridine rings is 1. The molecule has 12 heavy (non-hydrogen) atoms. The highest BCUT2D eigenvalue weighted by Crippen LogP contribution is 2.15. The van der Waals surface area contributed by atoms with E-state index in [2.05, 4.69) is 15.9 Å². The smallest absolute Gasteiger partial charge is 0.152 e. The Bertz CT molecular complexity index is 433. The molecule has 0 radical (unpaired) electrons. The highest BCUT2D eigenvalue weighted by Gasteiger charge is 1.99. The Hall–Kier alpha value is -1.09. The van der Waals surface area contributed by atoms with Gasteiger partial charge in [0.15, 0.2) is 6.29 Å². The number of carbonyl (C=O) groups is 1. The van der Waals surface area contributed by atoms with Gasteiger partial charge in [0.2, 0.25) is 0 Å². The lowest BCUT2D eigenvalue weighted by Gasteiger charge is -1.95. The van der Waals surface area contributed by atoms with Crippen LogP contribution in [0.3, 0.4) is 0 Å². The first kappa shape index (κ1) is 7.55. The highest BCUT2D eigenvalue weighted by atomic mass is 79.9. The monoisotopic (exact) mass is 223 g/mol. The summed E-state index contributed by atoms with van der Waals surface area (Å²) in [5, 5.41) is 0. The Balaban J connectivity index is 2.81. The van der Waals surface area contributed by atoms with Gasteiger partial charge < -0.3 is 4.40 Å². The molecule has 0 aliphatic rings. The van der Waals surface area contributed by atoms with Gasteiger partial charge in [-0.2, -0.15) is 0 Å². The number of fused-ring (bicyclic) bond motifs is 1. The first-order valence-electron chi connectivity index (χ1n) is 3.52. The van der Waals surface area contributed by atoms with Crippen molar-refractivity contribution < 1.29 is 4.79 Å². The zero-order valence-corrected chi connectivity index (χ0v) is 7.78. The maximum Gasteiger partial charge on any atom is 0.152 e. The fourth-order valence-corrected chi connectivity index (χ4v) is 1.56. The molecule has 3 heteroatoms. The van der Waals surface area contributed by atoms with E-state index < -0.39 is 0 Å². The van der Waals surface area contributed by atoms with Crippen LogP contribution in [0.4, 0.5) is 0 Å². The number of carbonyl (C=O) groups excluding carboxylic acids is 1. The van der Waals surface area contributed by atoms with E-state index >= 15 is 0 Å². The summed E-state index contributed by atoms with van der Waals surface area (Å²) in [5.41, 5.74) is 1.66. The summed E-state index contributed by atoms with van der Waals surface area (Å²) >= 11 is 3.35. The van der Waals surface area contributed by atoms with E-state index in [-0.39, 0.29) is 0 Å². The number of nitrogens with zero attached hydrogens (tertiary/aromatic N) is 1. The van der Waals surface area contributed by atoms with Crippen LogP contribution in [0.1, 0.15) is 10.4 Å². The standard InChI is InChI=1S/C9H6BrNO/c10-8-1-2-9-7(6-12)3-4-11(9)5-8/h1-6H. The van der Waals surface area contributed by atoms with Crippen LogP contribution in [-0.2, 0) is 0 Å². The van der Waals surface area contributed by atoms with Crippen LogP contribution in [0.2, 0.25) is 0 Å². The van der Waals surface area contributed by atoms with E-state index in [1.807, 2.05) is 28.9 Å². The van der Waals surface area contributed by atoms with E-state index in [1.165, 1.54) is 0 Å². The van der Waals surface area contributed by atoms with Crippen molar-refractivity contribution in [2.75, 3.05) is 0 Å². The van der Waals surface area contributed by atoms with Gasteiger partial charge in [-0.15, -0.1) is 0 Å². The van der Waals surface area contributed by atoms with Gasteiger partial charge in [-0.05, 0) is 34.1 Å². The predicted molar refractivity (Wildman–Crippen MR) is 50.5 cm³/mol. The fourth-order valence-electron chi connectivity index (χ4n) is 1.20. The lowest BCUT2D eigenvalue weighted by molar-refractivity contribution is 0.112. The number of aldehydes is 1. The Kier molecular flexibility index (Phi) is 1.73. The molecule has 0 amide bonds. The van der Waals surface area contributed by atoms with E-state index in [0.29, 0.717) is 0 Å². The Morgan fingerprint density at radius 1 is 1.33 bits per heavy atom. The summed E-state index contributed by atoms with van der Waals surface area (Å²) in [6, 6.07) is 5.63. The summed E-state index contributed by atoms with van der Waals surface area (Å²) < 4.78 is 2.91. The van der Waals surface area contributed by atoms with Gasteiger partial charge in [0.05, 0.1) is 5.52 Å². The summed E-state index contributed by atoms with van der Waals surface area (Å²) in [6.07, 6.45) is 4.65. The van der Waals surface area contributed by atoms with Crippen LogP contribution in [0.25, 0.3) is 5.52 Å².